The van der Waals surface area contributed by atoms with Crippen LogP contribution in [0.3, 0.4) is 0 Å². The van der Waals surface area contributed by atoms with E-state index in [-0.39, 0.29) is 5.43 Å². The van der Waals surface area contributed by atoms with E-state index in [0.717, 1.165) is 31.8 Å². The highest BCUT2D eigenvalue weighted by Crippen LogP contribution is 2.29. The zero-order valence-electron chi connectivity index (χ0n) is 11.3. The highest BCUT2D eigenvalue weighted by Gasteiger charge is 2.05. The van der Waals surface area contributed by atoms with Crippen LogP contribution in [-0.4, -0.2) is 7.11 Å². The second-order valence-corrected chi connectivity index (χ2v) is 5.79. The third-order valence-electron chi connectivity index (χ3n) is 3.26. The Morgan fingerprint density at radius 3 is 2.45 bits per heavy atom. The number of aryl methyl sites for hydroxylation is 1. The molecule has 0 aliphatic heterocycles. The number of hydrogen-bond acceptors (Lipinski definition) is 3. The van der Waals surface area contributed by atoms with Crippen LogP contribution in [0.4, 0.5) is 0 Å². The van der Waals surface area contributed by atoms with Gasteiger partial charge in [0.25, 0.3) is 0 Å². The van der Waals surface area contributed by atoms with Crippen molar-refractivity contribution in [2.45, 2.75) is 6.92 Å². The minimum atomic E-state index is 0.0771. The van der Waals surface area contributed by atoms with E-state index < -0.39 is 0 Å². The largest absolute Gasteiger partial charge is 0.497 e. The summed E-state index contributed by atoms with van der Waals surface area (Å²) >= 11 is 1.64. The number of fused-ring (bicyclic) bond motifs is 1. The van der Waals surface area contributed by atoms with E-state index in [9.17, 15) is 4.79 Å². The van der Waals surface area contributed by atoms with E-state index in [1.165, 1.54) is 0 Å². The molecule has 3 heteroatoms. The van der Waals surface area contributed by atoms with Crippen molar-refractivity contribution in [3.63, 3.8) is 0 Å². The van der Waals surface area contributed by atoms with Crippen molar-refractivity contribution in [2.75, 3.05) is 7.11 Å². The van der Waals surface area contributed by atoms with Crippen LogP contribution in [0.5, 0.6) is 5.75 Å². The van der Waals surface area contributed by atoms with Crippen LogP contribution in [0.1, 0.15) is 5.56 Å². The summed E-state index contributed by atoms with van der Waals surface area (Å²) in [6.07, 6.45) is 0. The first-order valence-electron chi connectivity index (χ1n) is 6.36. The highest BCUT2D eigenvalue weighted by atomic mass is 32.1. The Hall–Kier alpha value is -2.13. The van der Waals surface area contributed by atoms with Gasteiger partial charge in [0.1, 0.15) is 5.75 Å². The molecule has 0 saturated carbocycles. The van der Waals surface area contributed by atoms with Gasteiger partial charge in [-0.15, -0.1) is 11.3 Å². The molecule has 0 aliphatic carbocycles. The molecular weight excluding hydrogens is 268 g/mol. The Kier molecular flexibility index (Phi) is 3.28. The van der Waals surface area contributed by atoms with Crippen molar-refractivity contribution < 1.29 is 4.74 Å². The van der Waals surface area contributed by atoms with Crippen molar-refractivity contribution in [3.8, 4) is 16.2 Å². The number of methoxy groups -OCH3 is 1. The van der Waals surface area contributed by atoms with E-state index in [0.29, 0.717) is 0 Å². The summed E-state index contributed by atoms with van der Waals surface area (Å²) < 4.78 is 6.18. The molecule has 0 fully saturated rings. The first-order valence-corrected chi connectivity index (χ1v) is 7.18. The molecule has 3 rings (SSSR count). The van der Waals surface area contributed by atoms with Crippen LogP contribution in [0.15, 0.2) is 53.3 Å². The topological polar surface area (TPSA) is 26.3 Å². The van der Waals surface area contributed by atoms with Crippen molar-refractivity contribution >= 4 is 21.4 Å². The van der Waals surface area contributed by atoms with Crippen molar-refractivity contribution in [3.05, 3.63) is 64.3 Å². The lowest BCUT2D eigenvalue weighted by Crippen LogP contribution is -1.99. The van der Waals surface area contributed by atoms with Gasteiger partial charge in [0.2, 0.25) is 0 Å². The number of hydrogen-bond donors (Lipinski definition) is 0. The maximum Gasteiger partial charge on any atom is 0.188 e. The van der Waals surface area contributed by atoms with Crippen LogP contribution < -0.4 is 10.2 Å². The number of ether oxygens (including phenoxy) is 1. The molecule has 0 radical (unpaired) electrons. The first kappa shape index (κ1) is 12.9. The average molecular weight is 282 g/mol. The van der Waals surface area contributed by atoms with Crippen LogP contribution in [0.2, 0.25) is 0 Å². The molecule has 0 N–H and O–H groups in total. The molecule has 3 aromatic rings. The van der Waals surface area contributed by atoms with Crippen molar-refractivity contribution in [1.29, 1.82) is 0 Å². The lowest BCUT2D eigenvalue weighted by molar-refractivity contribution is 0.415. The Morgan fingerprint density at radius 2 is 1.75 bits per heavy atom. The molecule has 100 valence electrons. The van der Waals surface area contributed by atoms with Gasteiger partial charge in [-0.25, -0.2) is 0 Å². The SMILES string of the molecule is COc1ccc(-c2cc(=O)c3cc(C)ccc3s2)cc1. The minimum absolute atomic E-state index is 0.0771. The maximum absolute atomic E-state index is 12.2. The molecule has 0 saturated heterocycles. The molecule has 0 aliphatic rings. The van der Waals surface area contributed by atoms with Crippen molar-refractivity contribution in [1.82, 2.24) is 0 Å². The van der Waals surface area contributed by atoms with Crippen LogP contribution in [0.25, 0.3) is 20.5 Å². The van der Waals surface area contributed by atoms with E-state index in [1.807, 2.05) is 49.4 Å². The summed E-state index contributed by atoms with van der Waals surface area (Å²) in [6, 6.07) is 15.5. The number of rotatable bonds is 2. The maximum atomic E-state index is 12.2. The van der Waals surface area contributed by atoms with Gasteiger partial charge < -0.3 is 4.74 Å². The first-order chi connectivity index (χ1) is 9.67. The quantitative estimate of drug-likeness (QED) is 0.702. The van der Waals surface area contributed by atoms with Gasteiger partial charge in [0.05, 0.1) is 7.11 Å². The second-order valence-electron chi connectivity index (χ2n) is 4.70. The molecule has 0 bridgehead atoms. The molecule has 0 amide bonds. The van der Waals surface area contributed by atoms with Gasteiger partial charge >= 0.3 is 0 Å². The van der Waals surface area contributed by atoms with Gasteiger partial charge in [-0.2, -0.15) is 0 Å². The summed E-state index contributed by atoms with van der Waals surface area (Å²) in [6.45, 7) is 2.00. The molecule has 0 unspecified atom stereocenters. The summed E-state index contributed by atoms with van der Waals surface area (Å²) in [4.78, 5) is 13.2. The van der Waals surface area contributed by atoms with E-state index in [1.54, 1.807) is 24.5 Å². The monoisotopic (exact) mass is 282 g/mol. The predicted octanol–water partition coefficient (Wildman–Crippen LogP) is 4.25. The Morgan fingerprint density at radius 1 is 1.00 bits per heavy atom. The van der Waals surface area contributed by atoms with Gasteiger partial charge in [-0.05, 0) is 48.9 Å². The smallest absolute Gasteiger partial charge is 0.188 e. The lowest BCUT2D eigenvalue weighted by atomic mass is 10.1. The minimum Gasteiger partial charge on any atom is -0.497 e. The van der Waals surface area contributed by atoms with Gasteiger partial charge in [0, 0.05) is 21.0 Å². The van der Waals surface area contributed by atoms with E-state index >= 15 is 0 Å². The summed E-state index contributed by atoms with van der Waals surface area (Å²) in [5, 5.41) is 0.798. The fourth-order valence-corrected chi connectivity index (χ4v) is 3.23. The van der Waals surface area contributed by atoms with Crippen LogP contribution >= 0.6 is 11.3 Å². The third kappa shape index (κ3) is 2.32. The molecule has 1 aromatic heterocycles. The Bertz CT molecular complexity index is 817. The second kappa shape index (κ2) is 5.10. The van der Waals surface area contributed by atoms with E-state index in [2.05, 4.69) is 0 Å². The molecule has 1 heterocycles. The van der Waals surface area contributed by atoms with Gasteiger partial charge in [-0.3, -0.25) is 4.79 Å². The summed E-state index contributed by atoms with van der Waals surface area (Å²) in [5.74, 6) is 0.817. The molecular formula is C17H14O2S. The van der Waals surface area contributed by atoms with Crippen molar-refractivity contribution in [2.24, 2.45) is 0 Å². The standard InChI is InChI=1S/C17H14O2S/c1-11-3-8-16-14(9-11)15(18)10-17(20-16)12-4-6-13(19-2)7-5-12/h3-10H,1-2H3. The average Bonchev–Trinajstić information content (AvgIpc) is 2.48. The fraction of sp³-hybridized carbons (Fsp3) is 0.118. The molecule has 0 spiro atoms. The highest BCUT2D eigenvalue weighted by molar-refractivity contribution is 7.21. The molecule has 2 aromatic carbocycles. The van der Waals surface area contributed by atoms with Gasteiger partial charge in [0.15, 0.2) is 5.43 Å². The molecule has 20 heavy (non-hydrogen) atoms. The number of benzene rings is 2. The molecule has 2 nitrogen and oxygen atoms in total. The van der Waals surface area contributed by atoms with E-state index in [4.69, 9.17) is 4.74 Å². The fourth-order valence-electron chi connectivity index (χ4n) is 2.17. The van der Waals surface area contributed by atoms with Crippen LogP contribution in [0, 0.1) is 6.92 Å². The van der Waals surface area contributed by atoms with Crippen LogP contribution in [-0.2, 0) is 0 Å². The summed E-state index contributed by atoms with van der Waals surface area (Å²) in [5.41, 5.74) is 2.22. The normalized spacial score (nSPS) is 10.7. The van der Waals surface area contributed by atoms with Gasteiger partial charge in [-0.1, -0.05) is 11.6 Å². The molecule has 0 atom stereocenters. The Balaban J connectivity index is 2.16. The summed E-state index contributed by atoms with van der Waals surface area (Å²) in [7, 11) is 1.64. The predicted molar refractivity (Wildman–Crippen MR) is 84.8 cm³/mol. The zero-order chi connectivity index (χ0) is 14.1. The third-order valence-corrected chi connectivity index (χ3v) is 4.41. The Labute approximate surface area is 121 Å². The lowest BCUT2D eigenvalue weighted by Gasteiger charge is -2.05. The zero-order valence-corrected chi connectivity index (χ0v) is 12.2.